The summed E-state index contributed by atoms with van der Waals surface area (Å²) in [4.78, 5) is 0. The summed E-state index contributed by atoms with van der Waals surface area (Å²) in [5.41, 5.74) is 2.85. The van der Waals surface area contributed by atoms with Crippen molar-refractivity contribution in [2.75, 3.05) is 0 Å². The van der Waals surface area contributed by atoms with Gasteiger partial charge in [-0.05, 0) is 23.5 Å². The number of hydrogen-bond acceptors (Lipinski definition) is 0. The van der Waals surface area contributed by atoms with Gasteiger partial charge in [0.15, 0.2) is 0 Å². The van der Waals surface area contributed by atoms with Crippen molar-refractivity contribution in [2.24, 2.45) is 0 Å². The smallest absolute Gasteiger partial charge is 0.00973 e. The fraction of sp³-hybridized carbons (Fsp3) is 0.333. The Morgan fingerprint density at radius 2 is 2.00 bits per heavy atom. The highest BCUT2D eigenvalue weighted by Gasteiger charge is 2.02. The van der Waals surface area contributed by atoms with Crippen LogP contribution in [-0.4, -0.2) is 0 Å². The first-order valence-electron chi connectivity index (χ1n) is 4.44. The largest absolute Gasteiger partial charge is 0.103 e. The highest BCUT2D eigenvalue weighted by Crippen LogP contribution is 2.19. The molecular weight excluding hydrogens is 144 g/mol. The van der Waals surface area contributed by atoms with Crippen molar-refractivity contribution in [2.45, 2.75) is 26.2 Å². The van der Waals surface area contributed by atoms with Gasteiger partial charge in [0.1, 0.15) is 0 Å². The molecule has 0 bridgehead atoms. The van der Waals surface area contributed by atoms with Crippen LogP contribution in [-0.2, 0) is 6.42 Å². The van der Waals surface area contributed by atoms with Crippen molar-refractivity contribution in [1.29, 1.82) is 0 Å². The predicted octanol–water partition coefficient (Wildman–Crippen LogP) is 3.54. The van der Waals surface area contributed by atoms with E-state index in [2.05, 4.69) is 44.7 Å². The number of allylic oxidation sites excluding steroid dienone is 1. The van der Waals surface area contributed by atoms with Gasteiger partial charge in [0.2, 0.25) is 0 Å². The van der Waals surface area contributed by atoms with Crippen LogP contribution in [0, 0.1) is 0 Å². The van der Waals surface area contributed by atoms with Crippen LogP contribution in [0.15, 0.2) is 36.9 Å². The van der Waals surface area contributed by atoms with E-state index in [9.17, 15) is 0 Å². The first-order valence-corrected chi connectivity index (χ1v) is 4.44. The lowest BCUT2D eigenvalue weighted by Crippen LogP contribution is -1.94. The maximum atomic E-state index is 3.76. The minimum absolute atomic E-state index is 0.612. The summed E-state index contributed by atoms with van der Waals surface area (Å²) in [5, 5.41) is 0. The van der Waals surface area contributed by atoms with Crippen LogP contribution in [0.25, 0.3) is 0 Å². The quantitative estimate of drug-likeness (QED) is 0.593. The molecule has 1 aromatic carbocycles. The molecule has 0 fully saturated rings. The van der Waals surface area contributed by atoms with Crippen molar-refractivity contribution in [1.82, 2.24) is 0 Å². The summed E-state index contributed by atoms with van der Waals surface area (Å²) in [6.45, 7) is 8.20. The third-order valence-corrected chi connectivity index (χ3v) is 2.04. The van der Waals surface area contributed by atoms with Crippen LogP contribution in [0.4, 0.5) is 0 Å². The molecule has 0 N–H and O–H groups in total. The maximum absolute atomic E-state index is 3.76. The average Bonchev–Trinajstić information content (AvgIpc) is 2.05. The SMILES string of the molecule is C=CCc1ccccc1C(C)C. The summed E-state index contributed by atoms with van der Waals surface area (Å²) in [6.07, 6.45) is 2.94. The minimum atomic E-state index is 0.612. The van der Waals surface area contributed by atoms with E-state index in [0.717, 1.165) is 6.42 Å². The average molecular weight is 160 g/mol. The zero-order chi connectivity index (χ0) is 8.97. The molecule has 0 heterocycles. The Bertz CT molecular complexity index is 258. The van der Waals surface area contributed by atoms with Crippen LogP contribution in [0.2, 0.25) is 0 Å². The molecule has 0 aliphatic heterocycles. The van der Waals surface area contributed by atoms with Crippen LogP contribution in [0.5, 0.6) is 0 Å². The highest BCUT2D eigenvalue weighted by molar-refractivity contribution is 5.30. The fourth-order valence-corrected chi connectivity index (χ4v) is 1.44. The maximum Gasteiger partial charge on any atom is -0.00973 e. The van der Waals surface area contributed by atoms with Gasteiger partial charge < -0.3 is 0 Å². The molecule has 0 saturated carbocycles. The number of hydrogen-bond donors (Lipinski definition) is 0. The molecule has 64 valence electrons. The minimum Gasteiger partial charge on any atom is -0.103 e. The topological polar surface area (TPSA) is 0 Å². The van der Waals surface area contributed by atoms with E-state index in [0.29, 0.717) is 5.92 Å². The third-order valence-electron chi connectivity index (χ3n) is 2.04. The van der Waals surface area contributed by atoms with Gasteiger partial charge in [0.25, 0.3) is 0 Å². The van der Waals surface area contributed by atoms with E-state index >= 15 is 0 Å². The second-order valence-corrected chi connectivity index (χ2v) is 3.35. The molecular formula is C12H16. The second kappa shape index (κ2) is 4.10. The normalized spacial score (nSPS) is 10.2. The lowest BCUT2D eigenvalue weighted by Gasteiger charge is -2.10. The lowest BCUT2D eigenvalue weighted by atomic mass is 9.95. The summed E-state index contributed by atoms with van der Waals surface area (Å²) >= 11 is 0. The Labute approximate surface area is 74.9 Å². The van der Waals surface area contributed by atoms with Crippen molar-refractivity contribution < 1.29 is 0 Å². The van der Waals surface area contributed by atoms with E-state index in [-0.39, 0.29) is 0 Å². The lowest BCUT2D eigenvalue weighted by molar-refractivity contribution is 0.850. The first-order chi connectivity index (χ1) is 5.75. The molecule has 0 saturated heterocycles. The zero-order valence-electron chi connectivity index (χ0n) is 7.88. The standard InChI is InChI=1S/C12H16/c1-4-7-11-8-5-6-9-12(11)10(2)3/h4-6,8-10H,1,7H2,2-3H3. The predicted molar refractivity (Wildman–Crippen MR) is 54.4 cm³/mol. The molecule has 0 heteroatoms. The number of rotatable bonds is 3. The van der Waals surface area contributed by atoms with Gasteiger partial charge in [-0.25, -0.2) is 0 Å². The fourth-order valence-electron chi connectivity index (χ4n) is 1.44. The molecule has 0 aliphatic rings. The van der Waals surface area contributed by atoms with E-state index < -0.39 is 0 Å². The second-order valence-electron chi connectivity index (χ2n) is 3.35. The summed E-state index contributed by atoms with van der Waals surface area (Å²) in [7, 11) is 0. The molecule has 1 rings (SSSR count). The zero-order valence-corrected chi connectivity index (χ0v) is 7.88. The summed E-state index contributed by atoms with van der Waals surface area (Å²) in [6, 6.07) is 8.56. The molecule has 0 aromatic heterocycles. The first kappa shape index (κ1) is 9.05. The highest BCUT2D eigenvalue weighted by atomic mass is 14.1. The van der Waals surface area contributed by atoms with Crippen LogP contribution in [0.3, 0.4) is 0 Å². The van der Waals surface area contributed by atoms with Crippen LogP contribution in [0.1, 0.15) is 30.9 Å². The number of benzene rings is 1. The van der Waals surface area contributed by atoms with Crippen LogP contribution < -0.4 is 0 Å². The van der Waals surface area contributed by atoms with Gasteiger partial charge in [0, 0.05) is 0 Å². The molecule has 0 atom stereocenters. The molecule has 0 aliphatic carbocycles. The van der Waals surface area contributed by atoms with Crippen molar-refractivity contribution in [3.63, 3.8) is 0 Å². The van der Waals surface area contributed by atoms with Gasteiger partial charge in [-0.3, -0.25) is 0 Å². The van der Waals surface area contributed by atoms with Gasteiger partial charge in [0.05, 0.1) is 0 Å². The molecule has 0 nitrogen and oxygen atoms in total. The Kier molecular flexibility index (Phi) is 3.09. The third kappa shape index (κ3) is 1.97. The summed E-state index contributed by atoms with van der Waals surface area (Å²) in [5.74, 6) is 0.612. The van der Waals surface area contributed by atoms with E-state index in [1.54, 1.807) is 0 Å². The van der Waals surface area contributed by atoms with E-state index in [1.165, 1.54) is 11.1 Å². The molecule has 0 spiro atoms. The monoisotopic (exact) mass is 160 g/mol. The van der Waals surface area contributed by atoms with Crippen molar-refractivity contribution in [3.05, 3.63) is 48.0 Å². The van der Waals surface area contributed by atoms with Crippen molar-refractivity contribution in [3.8, 4) is 0 Å². The Hall–Kier alpha value is -1.04. The van der Waals surface area contributed by atoms with Gasteiger partial charge in [-0.2, -0.15) is 0 Å². The summed E-state index contributed by atoms with van der Waals surface area (Å²) < 4.78 is 0. The molecule has 12 heavy (non-hydrogen) atoms. The van der Waals surface area contributed by atoms with Gasteiger partial charge >= 0.3 is 0 Å². The van der Waals surface area contributed by atoms with Crippen molar-refractivity contribution >= 4 is 0 Å². The molecule has 0 amide bonds. The Morgan fingerprint density at radius 1 is 1.33 bits per heavy atom. The van der Waals surface area contributed by atoms with E-state index in [1.807, 2.05) is 6.08 Å². The molecule has 1 aromatic rings. The van der Waals surface area contributed by atoms with Gasteiger partial charge in [-0.15, -0.1) is 6.58 Å². The molecule has 0 radical (unpaired) electrons. The Balaban J connectivity index is 2.99. The molecule has 0 unspecified atom stereocenters. The van der Waals surface area contributed by atoms with E-state index in [4.69, 9.17) is 0 Å². The Morgan fingerprint density at radius 3 is 2.58 bits per heavy atom. The van der Waals surface area contributed by atoms with Crippen LogP contribution >= 0.6 is 0 Å². The van der Waals surface area contributed by atoms with Gasteiger partial charge in [-0.1, -0.05) is 44.2 Å².